The van der Waals surface area contributed by atoms with E-state index in [2.05, 4.69) is 10.6 Å². The third kappa shape index (κ3) is 20.9. The largest absolute Gasteiger partial charge is 0.462 e. The molecule has 0 radical (unpaired) electrons. The average Bonchev–Trinajstić information content (AvgIpc) is 3.28. The molecular weight excluding hydrogens is 901 g/mol. The summed E-state index contributed by atoms with van der Waals surface area (Å²) in [5.74, 6) is -3.71. The number of hydrogen-bond acceptors (Lipinski definition) is 18. The number of allylic oxidation sites excluding steroid dienone is 12. The van der Waals surface area contributed by atoms with Crippen molar-refractivity contribution in [3.05, 3.63) is 85.1 Å². The normalized spacial score (nSPS) is 43.4. The lowest BCUT2D eigenvalue weighted by atomic mass is 9.87. The molecule has 0 aromatic carbocycles. The summed E-state index contributed by atoms with van der Waals surface area (Å²) in [5.41, 5.74) is 11.6. The maximum Gasteiger partial charge on any atom is 0.315 e. The highest BCUT2D eigenvalue weighted by molar-refractivity contribution is 5.74. The van der Waals surface area contributed by atoms with Crippen LogP contribution in [0.4, 0.5) is 4.79 Å². The van der Waals surface area contributed by atoms with Gasteiger partial charge in [0, 0.05) is 50.6 Å². The Labute approximate surface area is 405 Å². The van der Waals surface area contributed by atoms with Gasteiger partial charge in [0.25, 0.3) is 0 Å². The highest BCUT2D eigenvalue weighted by atomic mass is 16.7. The molecule has 0 aromatic rings. The fourth-order valence-corrected chi connectivity index (χ4v) is 8.22. The zero-order valence-corrected chi connectivity index (χ0v) is 40.1. The lowest BCUT2D eigenvalue weighted by Gasteiger charge is -2.46. The van der Waals surface area contributed by atoms with E-state index in [0.717, 1.165) is 0 Å². The first kappa shape index (κ1) is 59.6. The molecule has 69 heavy (non-hydrogen) atoms. The molecule has 0 spiro atoms. The minimum absolute atomic E-state index is 0.0965. The molecule has 2 amide bonds. The summed E-state index contributed by atoms with van der Waals surface area (Å²) in [7, 11) is 0. The van der Waals surface area contributed by atoms with Crippen LogP contribution in [-0.2, 0) is 23.7 Å². The van der Waals surface area contributed by atoms with Crippen LogP contribution in [0, 0.1) is 11.8 Å². The van der Waals surface area contributed by atoms with Crippen molar-refractivity contribution >= 4 is 12.0 Å². The molecule has 0 unspecified atom stereocenters. The molecule has 20 heteroatoms. The molecule has 392 valence electrons. The third-order valence-corrected chi connectivity index (χ3v) is 12.5. The zero-order chi connectivity index (χ0) is 51.3. The minimum Gasteiger partial charge on any atom is -0.462 e. The minimum atomic E-state index is -2.26. The van der Waals surface area contributed by atoms with Crippen molar-refractivity contribution in [2.75, 3.05) is 13.1 Å². The summed E-state index contributed by atoms with van der Waals surface area (Å²) in [6, 6.07) is -3.01. The Bertz CT molecular complexity index is 1750. The van der Waals surface area contributed by atoms with E-state index in [1.807, 2.05) is 37.3 Å². The fourth-order valence-electron chi connectivity index (χ4n) is 8.22. The summed E-state index contributed by atoms with van der Waals surface area (Å²) in [4.78, 5) is 25.6. The predicted molar refractivity (Wildman–Crippen MR) is 255 cm³/mol. The zero-order valence-electron chi connectivity index (χ0n) is 40.1. The Balaban J connectivity index is 1.91. The van der Waals surface area contributed by atoms with Gasteiger partial charge in [0.15, 0.2) is 12.1 Å². The van der Waals surface area contributed by atoms with Gasteiger partial charge in [0.1, 0.15) is 12.2 Å². The number of amides is 2. The molecule has 3 heterocycles. The van der Waals surface area contributed by atoms with E-state index in [-0.39, 0.29) is 44.7 Å². The number of hydrogen-bond donors (Lipinski definition) is 14. The number of urea groups is 1. The smallest absolute Gasteiger partial charge is 0.315 e. The topological polar surface area (TPSA) is 349 Å². The van der Waals surface area contributed by atoms with E-state index in [9.17, 15) is 60.7 Å². The Morgan fingerprint density at radius 2 is 1.30 bits per heavy atom. The van der Waals surface area contributed by atoms with Gasteiger partial charge in [-0.1, -0.05) is 98.9 Å². The lowest BCUT2D eigenvalue weighted by Crippen LogP contribution is -2.64. The first-order chi connectivity index (χ1) is 32.6. The quantitative estimate of drug-likeness (QED) is 0.156. The summed E-state index contributed by atoms with van der Waals surface area (Å²) in [6.45, 7) is 7.01. The Morgan fingerprint density at radius 3 is 1.91 bits per heavy atom. The number of nitrogens with one attached hydrogen (secondary N) is 2. The SMILES string of the molecule is C[C@@H]1[C@H](O)[C@@H](C)/C=C/C=C/C=C/C=C/C=C/C=C/C=C/[C@H](O[C@@H]2O[C@H](C)[C@@H](O)[C@H](N)[C@@H]2O)C[C@@H]2O[C@](O)(C[C@@H](O)C[C@@H](O)[C@H](O)CC[C@@H](O)C[C@@H](O)CC(=O)O[C@H]1C)C[C@H](O)[C@H]2NC(=O)NCCN. The molecule has 0 aromatic heterocycles. The lowest BCUT2D eigenvalue weighted by molar-refractivity contribution is -0.303. The van der Waals surface area contributed by atoms with E-state index >= 15 is 0 Å². The number of aliphatic hydroxyl groups excluding tert-OH is 9. The van der Waals surface area contributed by atoms with Crippen molar-refractivity contribution in [2.45, 2.75) is 183 Å². The van der Waals surface area contributed by atoms with E-state index in [1.54, 1.807) is 75.5 Å². The molecule has 2 bridgehead atoms. The van der Waals surface area contributed by atoms with Crippen LogP contribution in [0.3, 0.4) is 0 Å². The van der Waals surface area contributed by atoms with Gasteiger partial charge in [-0.3, -0.25) is 4.79 Å². The first-order valence-electron chi connectivity index (χ1n) is 23.9. The summed E-state index contributed by atoms with van der Waals surface area (Å²) in [6.07, 6.45) is 4.85. The maximum atomic E-state index is 12.9. The molecule has 3 aliphatic heterocycles. The number of carbonyl (C=O) groups is 2. The van der Waals surface area contributed by atoms with Gasteiger partial charge in [-0.2, -0.15) is 0 Å². The second-order valence-corrected chi connectivity index (χ2v) is 18.4. The van der Waals surface area contributed by atoms with Crippen molar-refractivity contribution in [3.8, 4) is 0 Å². The summed E-state index contributed by atoms with van der Waals surface area (Å²) < 4.78 is 23.6. The van der Waals surface area contributed by atoms with Gasteiger partial charge < -0.3 is 92.1 Å². The van der Waals surface area contributed by atoms with Crippen LogP contribution in [0.1, 0.15) is 79.1 Å². The van der Waals surface area contributed by atoms with Gasteiger partial charge in [0.2, 0.25) is 0 Å². The van der Waals surface area contributed by atoms with E-state index in [4.69, 9.17) is 30.4 Å². The van der Waals surface area contributed by atoms with Crippen LogP contribution in [0.5, 0.6) is 0 Å². The molecular formula is C49H80N4O16. The first-order valence-corrected chi connectivity index (χ1v) is 23.9. The Hall–Kier alpha value is -3.68. The third-order valence-electron chi connectivity index (χ3n) is 12.5. The molecule has 3 aliphatic rings. The van der Waals surface area contributed by atoms with E-state index < -0.39 is 147 Å². The number of aliphatic hydroxyl groups is 10. The monoisotopic (exact) mass is 981 g/mol. The molecule has 0 saturated carbocycles. The second-order valence-electron chi connectivity index (χ2n) is 18.4. The molecule has 3 rings (SSSR count). The molecule has 16 N–H and O–H groups in total. The molecule has 20 nitrogen and oxygen atoms in total. The molecule has 2 saturated heterocycles. The van der Waals surface area contributed by atoms with Gasteiger partial charge >= 0.3 is 12.0 Å². The fraction of sp³-hybridized carbons (Fsp3) is 0.673. The van der Waals surface area contributed by atoms with Gasteiger partial charge in [0.05, 0.1) is 85.6 Å². The Kier molecular flexibility index (Phi) is 26.1. The summed E-state index contributed by atoms with van der Waals surface area (Å²) >= 11 is 0. The Morgan fingerprint density at radius 1 is 0.710 bits per heavy atom. The number of fused-ring (bicyclic) bond motifs is 2. The van der Waals surface area contributed by atoms with Crippen LogP contribution in [0.2, 0.25) is 0 Å². The molecule has 19 atom stereocenters. The van der Waals surface area contributed by atoms with E-state index in [1.165, 1.54) is 0 Å². The molecule has 0 aliphatic carbocycles. The van der Waals surface area contributed by atoms with Gasteiger partial charge in [-0.05, 0) is 33.1 Å². The van der Waals surface area contributed by atoms with Crippen molar-refractivity contribution in [3.63, 3.8) is 0 Å². The van der Waals surface area contributed by atoms with Crippen molar-refractivity contribution in [1.29, 1.82) is 0 Å². The van der Waals surface area contributed by atoms with Crippen LogP contribution < -0.4 is 22.1 Å². The number of cyclic esters (lactones) is 1. The number of esters is 1. The molecule has 2 fully saturated rings. The van der Waals surface area contributed by atoms with Gasteiger partial charge in [-0.15, -0.1) is 0 Å². The standard InChI is InChI=1S/C49H80N4O16/c1-29-17-15-13-11-9-7-5-6-8-10-12-14-16-18-36(68-47-46(63)42(51)45(62)32(4)67-47)26-40-43(53-48(64)52-22-21-50)39(59)28-49(65,69-40)27-35(56)24-38(58)37(57)20-19-33(54)23-34(55)25-41(60)66-31(3)30(2)44(29)61/h5-18,29-40,42-47,54-59,61-63,65H,19-28,50-51H2,1-4H3,(H2,52,53,64)/b6-5+,9-7+,10-8+,13-11+,14-12+,17-15+,18-16+/t29-,30-,31-,32+,33+,34+,35-,36-,37+,38+,39-,40-,42-,43+,44+,45+,46-,47-,49+/m0/s1. The number of ether oxygens (including phenoxy) is 4. The van der Waals surface area contributed by atoms with Crippen LogP contribution >= 0.6 is 0 Å². The highest BCUT2D eigenvalue weighted by Gasteiger charge is 2.49. The van der Waals surface area contributed by atoms with Crippen LogP contribution in [0.25, 0.3) is 0 Å². The van der Waals surface area contributed by atoms with E-state index in [0.29, 0.717) is 0 Å². The van der Waals surface area contributed by atoms with Crippen molar-refractivity contribution in [2.24, 2.45) is 23.3 Å². The summed E-state index contributed by atoms with van der Waals surface area (Å²) in [5, 5.41) is 115. The highest BCUT2D eigenvalue weighted by Crippen LogP contribution is 2.35. The van der Waals surface area contributed by atoms with Gasteiger partial charge in [-0.25, -0.2) is 4.79 Å². The average molecular weight is 981 g/mol. The maximum absolute atomic E-state index is 12.9. The van der Waals surface area contributed by atoms with Crippen LogP contribution in [0.15, 0.2) is 85.1 Å². The number of carbonyl (C=O) groups excluding carboxylic acids is 2. The number of rotatable bonds is 5. The predicted octanol–water partition coefficient (Wildman–Crippen LogP) is -0.363. The number of nitrogens with two attached hydrogens (primary N) is 2. The van der Waals surface area contributed by atoms with Crippen molar-refractivity contribution in [1.82, 2.24) is 10.6 Å². The van der Waals surface area contributed by atoms with Crippen LogP contribution in [-0.4, -0.2) is 180 Å². The second kappa shape index (κ2) is 30.3. The van der Waals surface area contributed by atoms with Crippen molar-refractivity contribution < 1.29 is 79.6 Å².